The minimum absolute atomic E-state index is 0.118. The van der Waals surface area contributed by atoms with Gasteiger partial charge < -0.3 is 21.3 Å². The van der Waals surface area contributed by atoms with E-state index in [1.807, 2.05) is 6.92 Å². The van der Waals surface area contributed by atoms with Crippen molar-refractivity contribution in [1.82, 2.24) is 10.2 Å². The third kappa shape index (κ3) is 4.96. The Morgan fingerprint density at radius 3 is 2.61 bits per heavy atom. The van der Waals surface area contributed by atoms with Crippen LogP contribution in [0.2, 0.25) is 0 Å². The molecule has 23 heavy (non-hydrogen) atoms. The van der Waals surface area contributed by atoms with Crippen molar-refractivity contribution in [3.05, 3.63) is 29.3 Å². The second kappa shape index (κ2) is 7.97. The van der Waals surface area contributed by atoms with Crippen LogP contribution in [0.25, 0.3) is 0 Å². The molecule has 4 N–H and O–H groups in total. The molecule has 2 rings (SSSR count). The molecule has 1 unspecified atom stereocenters. The van der Waals surface area contributed by atoms with Gasteiger partial charge in [-0.3, -0.25) is 4.79 Å². The van der Waals surface area contributed by atoms with Gasteiger partial charge in [0.25, 0.3) is 0 Å². The van der Waals surface area contributed by atoms with Gasteiger partial charge in [0.05, 0.1) is 0 Å². The summed E-state index contributed by atoms with van der Waals surface area (Å²) in [6, 6.07) is 4.91. The molecule has 6 heteroatoms. The number of nitrogens with one attached hydrogen (secondary N) is 2. The van der Waals surface area contributed by atoms with Gasteiger partial charge in [-0.15, -0.1) is 0 Å². The average molecular weight is 318 g/mol. The van der Waals surface area contributed by atoms with Crippen molar-refractivity contribution in [3.63, 3.8) is 0 Å². The van der Waals surface area contributed by atoms with Crippen molar-refractivity contribution in [1.29, 1.82) is 0 Å². The molecule has 0 radical (unpaired) electrons. The predicted molar refractivity (Wildman–Crippen MR) is 91.6 cm³/mol. The fourth-order valence-electron chi connectivity index (χ4n) is 2.81. The van der Waals surface area contributed by atoms with Gasteiger partial charge in [0.1, 0.15) is 0 Å². The number of carbonyl (C=O) groups is 2. The quantitative estimate of drug-likeness (QED) is 0.750. The molecule has 1 heterocycles. The number of aryl methyl sites for hydroxylation is 1. The molecule has 0 aromatic heterocycles. The third-order valence-electron chi connectivity index (χ3n) is 4.28. The molecule has 3 amide bonds. The summed E-state index contributed by atoms with van der Waals surface area (Å²) in [5.74, 6) is -0.506. The topological polar surface area (TPSA) is 87.5 Å². The number of benzene rings is 1. The van der Waals surface area contributed by atoms with E-state index in [4.69, 9.17) is 5.73 Å². The summed E-state index contributed by atoms with van der Waals surface area (Å²) in [4.78, 5) is 25.9. The van der Waals surface area contributed by atoms with Crippen molar-refractivity contribution >= 4 is 17.6 Å². The van der Waals surface area contributed by atoms with Gasteiger partial charge >= 0.3 is 6.03 Å². The fraction of sp³-hybridized carbons (Fsp3) is 0.529. The van der Waals surface area contributed by atoms with E-state index in [9.17, 15) is 9.59 Å². The first-order valence-electron chi connectivity index (χ1n) is 8.20. The number of likely N-dealkylation sites (tertiary alicyclic amines) is 1. The van der Waals surface area contributed by atoms with Crippen LogP contribution in [0, 0.1) is 6.92 Å². The van der Waals surface area contributed by atoms with Gasteiger partial charge in [0.2, 0.25) is 5.91 Å². The summed E-state index contributed by atoms with van der Waals surface area (Å²) in [5, 5.41) is 5.83. The molecule has 0 saturated carbocycles. The van der Waals surface area contributed by atoms with E-state index in [2.05, 4.69) is 22.5 Å². The molecular formula is C17H26N4O2. The number of rotatable bonds is 6. The first-order valence-corrected chi connectivity index (χ1v) is 8.20. The Morgan fingerprint density at radius 2 is 2.00 bits per heavy atom. The van der Waals surface area contributed by atoms with Crippen molar-refractivity contribution in [3.8, 4) is 0 Å². The highest BCUT2D eigenvalue weighted by Gasteiger charge is 2.18. The fourth-order valence-corrected chi connectivity index (χ4v) is 2.81. The average Bonchev–Trinajstić information content (AvgIpc) is 3.01. The van der Waals surface area contributed by atoms with Gasteiger partial charge in [-0.2, -0.15) is 0 Å². The minimum atomic E-state index is -0.506. The maximum Gasteiger partial charge on any atom is 0.319 e. The van der Waals surface area contributed by atoms with Gasteiger partial charge in [0.15, 0.2) is 0 Å². The Bertz CT molecular complexity index is 568. The number of nitrogens with zero attached hydrogens (tertiary/aromatic N) is 1. The molecular weight excluding hydrogens is 292 g/mol. The highest BCUT2D eigenvalue weighted by atomic mass is 16.2. The van der Waals surface area contributed by atoms with Gasteiger partial charge in [0, 0.05) is 23.8 Å². The summed E-state index contributed by atoms with van der Waals surface area (Å²) in [6.45, 7) is 7.05. The van der Waals surface area contributed by atoms with Crippen molar-refractivity contribution in [2.24, 2.45) is 5.73 Å². The van der Waals surface area contributed by atoms with E-state index < -0.39 is 5.91 Å². The van der Waals surface area contributed by atoms with Crippen molar-refractivity contribution < 1.29 is 9.59 Å². The van der Waals surface area contributed by atoms with E-state index >= 15 is 0 Å². The van der Waals surface area contributed by atoms with Crippen LogP contribution in [0.5, 0.6) is 0 Å². The van der Waals surface area contributed by atoms with E-state index in [1.165, 1.54) is 12.8 Å². The zero-order valence-electron chi connectivity index (χ0n) is 13.9. The predicted octanol–water partition coefficient (Wildman–Crippen LogP) is 2.09. The van der Waals surface area contributed by atoms with Gasteiger partial charge in [-0.25, -0.2) is 4.79 Å². The molecule has 1 aromatic rings. The molecule has 126 valence electrons. The van der Waals surface area contributed by atoms with E-state index in [-0.39, 0.29) is 12.1 Å². The molecule has 1 saturated heterocycles. The Balaban J connectivity index is 1.94. The van der Waals surface area contributed by atoms with Crippen molar-refractivity contribution in [2.75, 3.05) is 25.0 Å². The molecule has 1 aliphatic rings. The number of hydrogen-bond donors (Lipinski definition) is 3. The molecule has 6 nitrogen and oxygen atoms in total. The third-order valence-corrected chi connectivity index (χ3v) is 4.28. The molecule has 1 atom stereocenters. The zero-order chi connectivity index (χ0) is 16.8. The lowest BCUT2D eigenvalue weighted by molar-refractivity contribution is 0.1000. The minimum Gasteiger partial charge on any atom is -0.366 e. The standard InChI is InChI=1S/C17H26N4O2/c1-3-14(11-21-8-4-5-9-21)19-17(23)20-15-10-13(16(18)22)7-6-12(15)2/h6-7,10,14H,3-5,8-9,11H2,1-2H3,(H2,18,22)(H2,19,20,23). The Hall–Kier alpha value is -2.08. The smallest absolute Gasteiger partial charge is 0.319 e. The maximum absolute atomic E-state index is 12.2. The number of hydrogen-bond acceptors (Lipinski definition) is 3. The SMILES string of the molecule is CCC(CN1CCCC1)NC(=O)Nc1cc(C(N)=O)ccc1C. The van der Waals surface area contributed by atoms with Crippen LogP contribution >= 0.6 is 0 Å². The number of urea groups is 1. The Kier molecular flexibility index (Phi) is 5.98. The van der Waals surface area contributed by atoms with Crippen LogP contribution in [0.15, 0.2) is 18.2 Å². The number of primary amides is 1. The molecule has 0 bridgehead atoms. The van der Waals surface area contributed by atoms with Gasteiger partial charge in [-0.05, 0) is 57.0 Å². The van der Waals surface area contributed by atoms with E-state index in [0.29, 0.717) is 11.3 Å². The lowest BCUT2D eigenvalue weighted by Crippen LogP contribution is -2.44. The second-order valence-electron chi connectivity index (χ2n) is 6.11. The van der Waals surface area contributed by atoms with Crippen LogP contribution < -0.4 is 16.4 Å². The molecule has 1 fully saturated rings. The van der Waals surface area contributed by atoms with Crippen molar-refractivity contribution in [2.45, 2.75) is 39.2 Å². The second-order valence-corrected chi connectivity index (χ2v) is 6.11. The lowest BCUT2D eigenvalue weighted by Gasteiger charge is -2.23. The highest BCUT2D eigenvalue weighted by Crippen LogP contribution is 2.17. The van der Waals surface area contributed by atoms with Crippen LogP contribution in [-0.4, -0.2) is 42.5 Å². The largest absolute Gasteiger partial charge is 0.366 e. The number of nitrogens with two attached hydrogens (primary N) is 1. The van der Waals surface area contributed by atoms with Crippen LogP contribution in [-0.2, 0) is 0 Å². The molecule has 0 aliphatic carbocycles. The normalized spacial score (nSPS) is 16.1. The first kappa shape index (κ1) is 17.3. The van der Waals surface area contributed by atoms with Crippen LogP contribution in [0.4, 0.5) is 10.5 Å². The molecule has 1 aromatic carbocycles. The number of anilines is 1. The Morgan fingerprint density at radius 1 is 1.30 bits per heavy atom. The lowest BCUT2D eigenvalue weighted by atomic mass is 10.1. The summed E-state index contributed by atoms with van der Waals surface area (Å²) in [7, 11) is 0. The first-order chi connectivity index (χ1) is 11.0. The van der Waals surface area contributed by atoms with Crippen LogP contribution in [0.3, 0.4) is 0 Å². The van der Waals surface area contributed by atoms with Crippen LogP contribution in [0.1, 0.15) is 42.1 Å². The van der Waals surface area contributed by atoms with E-state index in [1.54, 1.807) is 18.2 Å². The summed E-state index contributed by atoms with van der Waals surface area (Å²) >= 11 is 0. The molecule has 0 spiro atoms. The van der Waals surface area contributed by atoms with E-state index in [0.717, 1.165) is 31.6 Å². The highest BCUT2D eigenvalue weighted by molar-refractivity contribution is 5.96. The number of amides is 3. The molecule has 1 aliphatic heterocycles. The number of carbonyl (C=O) groups excluding carboxylic acids is 2. The summed E-state index contributed by atoms with van der Waals surface area (Å²) in [5.41, 5.74) is 7.16. The maximum atomic E-state index is 12.2. The summed E-state index contributed by atoms with van der Waals surface area (Å²) in [6.07, 6.45) is 3.35. The monoisotopic (exact) mass is 318 g/mol. The zero-order valence-corrected chi connectivity index (χ0v) is 13.9. The Labute approximate surface area is 137 Å². The van der Waals surface area contributed by atoms with Gasteiger partial charge in [-0.1, -0.05) is 13.0 Å². The summed E-state index contributed by atoms with van der Waals surface area (Å²) < 4.78 is 0.